The van der Waals surface area contributed by atoms with E-state index in [4.69, 9.17) is 11.6 Å². The highest BCUT2D eigenvalue weighted by Gasteiger charge is 2.25. The molecule has 1 saturated heterocycles. The molecule has 2 aromatic heterocycles. The Morgan fingerprint density at radius 3 is 3.25 bits per heavy atom. The Hall–Kier alpha value is -1.43. The van der Waals surface area contributed by atoms with Crippen LogP contribution in [0, 0.1) is 0 Å². The van der Waals surface area contributed by atoms with Gasteiger partial charge < -0.3 is 4.90 Å². The summed E-state index contributed by atoms with van der Waals surface area (Å²) in [5.41, 5.74) is 0.658. The van der Waals surface area contributed by atoms with Crippen molar-refractivity contribution in [2.24, 2.45) is 0 Å². The van der Waals surface area contributed by atoms with Crippen molar-refractivity contribution in [1.29, 1.82) is 0 Å². The largest absolute Gasteiger partial charge is 0.351 e. The van der Waals surface area contributed by atoms with Gasteiger partial charge in [0.15, 0.2) is 11.5 Å². The third-order valence-electron chi connectivity index (χ3n) is 2.90. The number of tetrazole rings is 1. The number of fused-ring (bicyclic) bond motifs is 1. The third-order valence-corrected chi connectivity index (χ3v) is 3.26. The summed E-state index contributed by atoms with van der Waals surface area (Å²) in [5.74, 6) is 1.53. The fourth-order valence-corrected chi connectivity index (χ4v) is 2.41. The first-order chi connectivity index (χ1) is 7.88. The molecule has 7 heteroatoms. The first-order valence-electron chi connectivity index (χ1n) is 5.26. The summed E-state index contributed by atoms with van der Waals surface area (Å²) in [6, 6.07) is 4.19. The molecule has 1 aliphatic heterocycles. The van der Waals surface area contributed by atoms with Crippen LogP contribution in [0.3, 0.4) is 0 Å². The van der Waals surface area contributed by atoms with Gasteiger partial charge in [0.25, 0.3) is 0 Å². The molecule has 1 unspecified atom stereocenters. The second-order valence-electron chi connectivity index (χ2n) is 3.86. The zero-order valence-corrected chi connectivity index (χ0v) is 9.38. The lowest BCUT2D eigenvalue weighted by molar-refractivity contribution is 0.691. The Balaban J connectivity index is 1.98. The first-order valence-corrected chi connectivity index (χ1v) is 5.80. The van der Waals surface area contributed by atoms with Crippen molar-refractivity contribution in [3.05, 3.63) is 12.1 Å². The molecule has 0 bridgehead atoms. The van der Waals surface area contributed by atoms with Crippen LogP contribution in [0.5, 0.6) is 0 Å². The predicted octanol–water partition coefficient (Wildman–Crippen LogP) is 0.727. The lowest BCUT2D eigenvalue weighted by atomic mass is 10.2. The van der Waals surface area contributed by atoms with E-state index in [1.165, 1.54) is 4.63 Å². The first kappa shape index (κ1) is 9.77. The summed E-state index contributed by atoms with van der Waals surface area (Å²) in [6.45, 7) is 0.998. The van der Waals surface area contributed by atoms with E-state index in [1.54, 1.807) is 0 Å². The van der Waals surface area contributed by atoms with Gasteiger partial charge in [0.05, 0.1) is 0 Å². The van der Waals surface area contributed by atoms with Crippen molar-refractivity contribution in [2.75, 3.05) is 17.3 Å². The summed E-state index contributed by atoms with van der Waals surface area (Å²) < 4.78 is 1.44. The summed E-state index contributed by atoms with van der Waals surface area (Å²) in [5, 5.41) is 15.5. The van der Waals surface area contributed by atoms with Crippen molar-refractivity contribution >= 4 is 23.1 Å². The molecule has 0 amide bonds. The highest BCUT2D eigenvalue weighted by Crippen LogP contribution is 2.24. The van der Waals surface area contributed by atoms with E-state index in [0.29, 0.717) is 17.6 Å². The topological polar surface area (TPSA) is 59.2 Å². The van der Waals surface area contributed by atoms with E-state index in [9.17, 15) is 0 Å². The van der Waals surface area contributed by atoms with Gasteiger partial charge in [-0.1, -0.05) is 0 Å². The smallest absolute Gasteiger partial charge is 0.200 e. The Kier molecular flexibility index (Phi) is 2.36. The summed E-state index contributed by atoms with van der Waals surface area (Å²) in [6.07, 6.45) is 2.28. The average Bonchev–Trinajstić information content (AvgIpc) is 2.96. The fourth-order valence-electron chi connectivity index (χ4n) is 2.09. The molecule has 0 aliphatic carbocycles. The zero-order chi connectivity index (χ0) is 11.0. The van der Waals surface area contributed by atoms with Crippen LogP contribution in [0.2, 0.25) is 0 Å². The maximum Gasteiger partial charge on any atom is 0.200 e. The molecular formula is C9H11ClN6. The monoisotopic (exact) mass is 238 g/mol. The van der Waals surface area contributed by atoms with E-state index in [-0.39, 0.29) is 0 Å². The van der Waals surface area contributed by atoms with E-state index in [0.717, 1.165) is 25.2 Å². The van der Waals surface area contributed by atoms with Gasteiger partial charge in [-0.15, -0.1) is 26.4 Å². The minimum Gasteiger partial charge on any atom is -0.351 e. The molecule has 0 N–H and O–H groups in total. The molecule has 1 fully saturated rings. The molecule has 1 atom stereocenters. The van der Waals surface area contributed by atoms with E-state index in [1.807, 2.05) is 12.1 Å². The average molecular weight is 239 g/mol. The van der Waals surface area contributed by atoms with Crippen LogP contribution in [0.25, 0.3) is 5.65 Å². The minimum atomic E-state index is 0.378. The Labute approximate surface area is 97.2 Å². The van der Waals surface area contributed by atoms with Gasteiger partial charge in [-0.2, -0.15) is 0 Å². The molecule has 0 saturated carbocycles. The number of nitrogens with zero attached hydrogens (tertiary/aromatic N) is 6. The van der Waals surface area contributed by atoms with Gasteiger partial charge in [-0.05, 0) is 35.4 Å². The summed E-state index contributed by atoms with van der Waals surface area (Å²) in [4.78, 5) is 2.22. The molecular weight excluding hydrogens is 228 g/mol. The van der Waals surface area contributed by atoms with Gasteiger partial charge in [-0.3, -0.25) is 0 Å². The number of hydrogen-bond acceptors (Lipinski definition) is 5. The second kappa shape index (κ2) is 3.86. The van der Waals surface area contributed by atoms with Crippen LogP contribution in [0.1, 0.15) is 12.8 Å². The number of halogens is 1. The SMILES string of the molecule is ClCC1CCCN1c1ccc2nnnn2n1. The van der Waals surface area contributed by atoms with E-state index >= 15 is 0 Å². The molecule has 84 valence electrons. The predicted molar refractivity (Wildman–Crippen MR) is 59.7 cm³/mol. The molecule has 0 radical (unpaired) electrons. The van der Waals surface area contributed by atoms with Crippen LogP contribution in [0.15, 0.2) is 12.1 Å². The molecule has 0 spiro atoms. The normalized spacial score (nSPS) is 20.8. The van der Waals surface area contributed by atoms with Crippen LogP contribution >= 0.6 is 11.6 Å². The molecule has 0 aromatic carbocycles. The Morgan fingerprint density at radius 2 is 2.38 bits per heavy atom. The van der Waals surface area contributed by atoms with Crippen molar-refractivity contribution in [2.45, 2.75) is 18.9 Å². The van der Waals surface area contributed by atoms with Crippen LogP contribution in [-0.4, -0.2) is 43.7 Å². The number of aromatic nitrogens is 5. The zero-order valence-electron chi connectivity index (χ0n) is 8.62. The lowest BCUT2D eigenvalue weighted by Crippen LogP contribution is -2.31. The molecule has 6 nitrogen and oxygen atoms in total. The van der Waals surface area contributed by atoms with Gasteiger partial charge in [0, 0.05) is 18.5 Å². The van der Waals surface area contributed by atoms with E-state index in [2.05, 4.69) is 25.5 Å². The summed E-state index contributed by atoms with van der Waals surface area (Å²) in [7, 11) is 0. The van der Waals surface area contributed by atoms with Crippen LogP contribution in [-0.2, 0) is 0 Å². The highest BCUT2D eigenvalue weighted by molar-refractivity contribution is 6.18. The van der Waals surface area contributed by atoms with Crippen molar-refractivity contribution in [1.82, 2.24) is 25.3 Å². The molecule has 1 aliphatic rings. The Bertz CT molecular complexity index is 497. The van der Waals surface area contributed by atoms with Crippen molar-refractivity contribution in [3.8, 4) is 0 Å². The van der Waals surface area contributed by atoms with Gasteiger partial charge in [-0.25, -0.2) is 0 Å². The fraction of sp³-hybridized carbons (Fsp3) is 0.556. The third kappa shape index (κ3) is 1.49. The molecule has 3 rings (SSSR count). The van der Waals surface area contributed by atoms with Crippen molar-refractivity contribution in [3.63, 3.8) is 0 Å². The highest BCUT2D eigenvalue weighted by atomic mass is 35.5. The second-order valence-corrected chi connectivity index (χ2v) is 4.17. The van der Waals surface area contributed by atoms with Crippen LogP contribution in [0.4, 0.5) is 5.82 Å². The molecule has 2 aromatic rings. The summed E-state index contributed by atoms with van der Waals surface area (Å²) >= 11 is 5.93. The van der Waals surface area contributed by atoms with Gasteiger partial charge >= 0.3 is 0 Å². The minimum absolute atomic E-state index is 0.378. The quantitative estimate of drug-likeness (QED) is 0.722. The number of anilines is 1. The van der Waals surface area contributed by atoms with Gasteiger partial charge in [0.2, 0.25) is 0 Å². The molecule has 3 heterocycles. The van der Waals surface area contributed by atoms with Crippen molar-refractivity contribution < 1.29 is 0 Å². The maximum atomic E-state index is 5.93. The standard InChI is InChI=1S/C9H11ClN6/c10-6-7-2-1-5-15(7)9-4-3-8-11-13-14-16(8)12-9/h3-4,7H,1-2,5-6H2. The Morgan fingerprint density at radius 1 is 1.44 bits per heavy atom. The number of alkyl halides is 1. The van der Waals surface area contributed by atoms with E-state index < -0.39 is 0 Å². The van der Waals surface area contributed by atoms with Gasteiger partial charge in [0.1, 0.15) is 0 Å². The number of hydrogen-bond donors (Lipinski definition) is 0. The number of rotatable bonds is 2. The maximum absolute atomic E-state index is 5.93. The lowest BCUT2D eigenvalue weighted by Gasteiger charge is -2.23. The molecule has 16 heavy (non-hydrogen) atoms. The van der Waals surface area contributed by atoms with Crippen LogP contribution < -0.4 is 4.90 Å².